The van der Waals surface area contributed by atoms with E-state index in [1.807, 2.05) is 32.0 Å². The molecule has 1 aliphatic rings. The first-order chi connectivity index (χ1) is 13.0. The number of carbonyl (C=O) groups is 2. The van der Waals surface area contributed by atoms with Crippen LogP contribution in [-0.2, 0) is 20.7 Å². The number of aryl methyl sites for hydroxylation is 3. The standard InChI is InChI=1S/C20H25F3O5/c1-11-3-4-13(9-12(11)2)5-6-14-15(7-8-28-10-16(24)25)19(27)17(18(14)26)20(21,22)23/h3-4,9,14-15,17,19,27H,5-8,10H2,1-2H3,(H,24,25)/t14-,15-,17?,19?/m1/s1. The van der Waals surface area contributed by atoms with Crippen molar-refractivity contribution >= 4 is 11.8 Å². The van der Waals surface area contributed by atoms with Gasteiger partial charge in [-0.15, -0.1) is 0 Å². The maximum Gasteiger partial charge on any atom is 0.401 e. The summed E-state index contributed by atoms with van der Waals surface area (Å²) in [6.07, 6.45) is -6.06. The summed E-state index contributed by atoms with van der Waals surface area (Å²) >= 11 is 0. The molecule has 0 bridgehead atoms. The number of benzene rings is 1. The normalized spacial score (nSPS) is 25.3. The molecule has 0 saturated heterocycles. The Kier molecular flexibility index (Phi) is 7.22. The lowest BCUT2D eigenvalue weighted by atomic mass is 9.86. The maximum absolute atomic E-state index is 13.3. The van der Waals surface area contributed by atoms with Gasteiger partial charge in [0, 0.05) is 12.5 Å². The van der Waals surface area contributed by atoms with Gasteiger partial charge in [0.2, 0.25) is 0 Å². The summed E-state index contributed by atoms with van der Waals surface area (Å²) in [7, 11) is 0. The number of carbonyl (C=O) groups excluding carboxylic acids is 1. The van der Waals surface area contributed by atoms with Crippen LogP contribution in [0, 0.1) is 31.6 Å². The number of ketones is 1. The van der Waals surface area contributed by atoms with Gasteiger partial charge in [0.05, 0.1) is 6.10 Å². The second kappa shape index (κ2) is 9.05. The lowest BCUT2D eigenvalue weighted by molar-refractivity contribution is -0.196. The monoisotopic (exact) mass is 402 g/mol. The van der Waals surface area contributed by atoms with Crippen molar-refractivity contribution in [2.24, 2.45) is 17.8 Å². The van der Waals surface area contributed by atoms with Gasteiger partial charge in [0.25, 0.3) is 0 Å². The van der Waals surface area contributed by atoms with Crippen LogP contribution in [0.25, 0.3) is 0 Å². The molecular formula is C20H25F3O5. The van der Waals surface area contributed by atoms with Crippen LogP contribution in [0.15, 0.2) is 18.2 Å². The minimum absolute atomic E-state index is 0.00956. The zero-order chi connectivity index (χ0) is 21.1. The molecule has 0 amide bonds. The van der Waals surface area contributed by atoms with Gasteiger partial charge < -0.3 is 14.9 Å². The highest BCUT2D eigenvalue weighted by molar-refractivity contribution is 5.87. The molecule has 1 aliphatic carbocycles. The van der Waals surface area contributed by atoms with Crippen LogP contribution in [0.2, 0.25) is 0 Å². The van der Waals surface area contributed by atoms with Crippen molar-refractivity contribution in [3.05, 3.63) is 34.9 Å². The van der Waals surface area contributed by atoms with Crippen LogP contribution < -0.4 is 0 Å². The number of alkyl halides is 3. The topological polar surface area (TPSA) is 83.8 Å². The molecule has 1 fully saturated rings. The van der Waals surface area contributed by atoms with Crippen molar-refractivity contribution in [2.45, 2.75) is 45.4 Å². The molecule has 2 unspecified atom stereocenters. The number of ether oxygens (including phenoxy) is 1. The summed E-state index contributed by atoms with van der Waals surface area (Å²) in [5, 5.41) is 18.8. The molecule has 156 valence electrons. The fraction of sp³-hybridized carbons (Fsp3) is 0.600. The molecule has 8 heteroatoms. The minimum atomic E-state index is -4.81. The van der Waals surface area contributed by atoms with E-state index in [9.17, 15) is 27.9 Å². The number of aliphatic carboxylic acids is 1. The van der Waals surface area contributed by atoms with Crippen molar-refractivity contribution < 1.29 is 37.7 Å². The van der Waals surface area contributed by atoms with E-state index in [0.29, 0.717) is 6.42 Å². The number of carboxylic acids is 1. The molecule has 0 aromatic heterocycles. The van der Waals surface area contributed by atoms with Gasteiger partial charge in [-0.3, -0.25) is 4.79 Å². The van der Waals surface area contributed by atoms with E-state index in [2.05, 4.69) is 0 Å². The predicted octanol–water partition coefficient (Wildman–Crippen LogP) is 3.08. The van der Waals surface area contributed by atoms with Crippen LogP contribution in [-0.4, -0.2) is 47.5 Å². The summed E-state index contributed by atoms with van der Waals surface area (Å²) in [4.78, 5) is 22.9. The van der Waals surface area contributed by atoms with E-state index >= 15 is 0 Å². The summed E-state index contributed by atoms with van der Waals surface area (Å²) in [6, 6.07) is 5.74. The van der Waals surface area contributed by atoms with Crippen molar-refractivity contribution in [2.75, 3.05) is 13.2 Å². The van der Waals surface area contributed by atoms with Gasteiger partial charge in [-0.1, -0.05) is 18.2 Å². The van der Waals surface area contributed by atoms with Gasteiger partial charge in [-0.05, 0) is 55.7 Å². The van der Waals surface area contributed by atoms with E-state index in [1.165, 1.54) is 0 Å². The number of hydrogen-bond acceptors (Lipinski definition) is 4. The quantitative estimate of drug-likeness (QED) is 0.653. The highest BCUT2D eigenvalue weighted by Gasteiger charge is 2.59. The van der Waals surface area contributed by atoms with Crippen LogP contribution >= 0.6 is 0 Å². The highest BCUT2D eigenvalue weighted by atomic mass is 19.4. The molecule has 1 saturated carbocycles. The number of carboxylic acid groups (broad SMARTS) is 1. The number of halogens is 3. The summed E-state index contributed by atoms with van der Waals surface area (Å²) < 4.78 is 44.7. The Morgan fingerprint density at radius 2 is 1.86 bits per heavy atom. The van der Waals surface area contributed by atoms with E-state index < -0.39 is 48.4 Å². The second-order valence-electron chi connectivity index (χ2n) is 7.37. The Morgan fingerprint density at radius 3 is 2.43 bits per heavy atom. The summed E-state index contributed by atoms with van der Waals surface area (Å²) in [6.45, 7) is 3.18. The van der Waals surface area contributed by atoms with Crippen molar-refractivity contribution in [1.82, 2.24) is 0 Å². The second-order valence-corrected chi connectivity index (χ2v) is 7.37. The molecule has 4 atom stereocenters. The molecule has 0 aliphatic heterocycles. The van der Waals surface area contributed by atoms with Gasteiger partial charge in [-0.25, -0.2) is 4.79 Å². The lowest BCUT2D eigenvalue weighted by Crippen LogP contribution is -2.36. The van der Waals surface area contributed by atoms with Crippen LogP contribution in [0.1, 0.15) is 29.5 Å². The third-order valence-corrected chi connectivity index (χ3v) is 5.46. The minimum Gasteiger partial charge on any atom is -0.480 e. The molecule has 2 N–H and O–H groups in total. The van der Waals surface area contributed by atoms with Gasteiger partial charge >= 0.3 is 12.1 Å². The molecule has 1 aromatic carbocycles. The molecule has 1 aromatic rings. The van der Waals surface area contributed by atoms with E-state index in [1.54, 1.807) is 0 Å². The molecule has 0 heterocycles. The zero-order valence-electron chi connectivity index (χ0n) is 15.8. The molecule has 0 radical (unpaired) electrons. The number of rotatable bonds is 8. The summed E-state index contributed by atoms with van der Waals surface area (Å²) in [5.41, 5.74) is 3.07. The summed E-state index contributed by atoms with van der Waals surface area (Å²) in [5.74, 6) is -6.45. The molecular weight excluding hydrogens is 377 g/mol. The molecule has 2 rings (SSSR count). The van der Waals surface area contributed by atoms with Crippen LogP contribution in [0.3, 0.4) is 0 Å². The number of aliphatic hydroxyl groups is 1. The average Bonchev–Trinajstić information content (AvgIpc) is 2.82. The van der Waals surface area contributed by atoms with Crippen molar-refractivity contribution in [3.63, 3.8) is 0 Å². The van der Waals surface area contributed by atoms with Crippen molar-refractivity contribution in [1.29, 1.82) is 0 Å². The van der Waals surface area contributed by atoms with E-state index in [0.717, 1.165) is 16.7 Å². The van der Waals surface area contributed by atoms with Gasteiger partial charge in [-0.2, -0.15) is 13.2 Å². The number of aliphatic hydroxyl groups excluding tert-OH is 1. The number of hydrogen-bond donors (Lipinski definition) is 2. The fourth-order valence-corrected chi connectivity index (χ4v) is 3.84. The largest absolute Gasteiger partial charge is 0.480 e. The first kappa shape index (κ1) is 22.4. The first-order valence-electron chi connectivity index (χ1n) is 9.16. The Balaban J connectivity index is 2.12. The third kappa shape index (κ3) is 5.32. The zero-order valence-corrected chi connectivity index (χ0v) is 15.8. The average molecular weight is 402 g/mol. The Morgan fingerprint density at radius 1 is 1.18 bits per heavy atom. The first-order valence-corrected chi connectivity index (χ1v) is 9.16. The molecule has 28 heavy (non-hydrogen) atoms. The van der Waals surface area contributed by atoms with Gasteiger partial charge in [0.15, 0.2) is 5.78 Å². The predicted molar refractivity (Wildman–Crippen MR) is 94.8 cm³/mol. The molecule has 0 spiro atoms. The maximum atomic E-state index is 13.3. The Bertz CT molecular complexity index is 716. The SMILES string of the molecule is Cc1ccc(CC[C@H]2C(=O)C(C(F)(F)F)C(O)[C@@H]2CCOCC(=O)O)cc1C. The van der Waals surface area contributed by atoms with E-state index in [4.69, 9.17) is 9.84 Å². The Hall–Kier alpha value is -1.93. The van der Waals surface area contributed by atoms with Crippen molar-refractivity contribution in [3.8, 4) is 0 Å². The third-order valence-electron chi connectivity index (χ3n) is 5.46. The Labute approximate surface area is 161 Å². The van der Waals surface area contributed by atoms with E-state index in [-0.39, 0.29) is 19.4 Å². The van der Waals surface area contributed by atoms with Crippen LogP contribution in [0.5, 0.6) is 0 Å². The number of Topliss-reactive ketones (excluding diaryl/α,β-unsaturated/α-hetero) is 1. The fourth-order valence-electron chi connectivity index (χ4n) is 3.84. The van der Waals surface area contributed by atoms with Crippen LogP contribution in [0.4, 0.5) is 13.2 Å². The molecule has 5 nitrogen and oxygen atoms in total. The lowest BCUT2D eigenvalue weighted by Gasteiger charge is -2.22. The smallest absolute Gasteiger partial charge is 0.401 e. The van der Waals surface area contributed by atoms with Gasteiger partial charge in [0.1, 0.15) is 12.5 Å². The highest BCUT2D eigenvalue weighted by Crippen LogP contribution is 2.45.